The molecule has 0 aliphatic rings. The Balaban J connectivity index is 4.03. The maximum absolute atomic E-state index is 11.3. The molecular weight excluding hydrogens is 172 g/mol. The fourth-order valence-electron chi connectivity index (χ4n) is 0.768. The van der Waals surface area contributed by atoms with Crippen molar-refractivity contribution < 1.29 is 14.4 Å². The molecule has 0 radical (unpaired) electrons. The van der Waals surface area contributed by atoms with Gasteiger partial charge in [0, 0.05) is 13.5 Å². The third-order valence-electron chi connectivity index (χ3n) is 1.65. The fourth-order valence-corrected chi connectivity index (χ4v) is 0.768. The molecule has 0 rings (SSSR count). The van der Waals surface area contributed by atoms with Gasteiger partial charge in [-0.05, 0) is 6.92 Å². The van der Waals surface area contributed by atoms with E-state index in [0.29, 0.717) is 6.42 Å². The Morgan fingerprint density at radius 1 is 1.54 bits per heavy atom. The van der Waals surface area contributed by atoms with Crippen LogP contribution in [0.3, 0.4) is 0 Å². The average Bonchev–Trinajstić information content (AvgIpc) is 2.14. The van der Waals surface area contributed by atoms with Gasteiger partial charge in [-0.1, -0.05) is 6.92 Å². The van der Waals surface area contributed by atoms with Crippen molar-refractivity contribution in [3.05, 3.63) is 0 Å². The first-order valence-electron chi connectivity index (χ1n) is 4.14. The van der Waals surface area contributed by atoms with Gasteiger partial charge in [0.25, 0.3) is 5.91 Å². The summed E-state index contributed by atoms with van der Waals surface area (Å²) in [5, 5.41) is 3.62. The molecule has 0 fully saturated rings. The lowest BCUT2D eigenvalue weighted by atomic mass is 10.3. The van der Waals surface area contributed by atoms with Crippen molar-refractivity contribution in [1.82, 2.24) is 10.4 Å². The normalized spacial score (nSPS) is 12.0. The Labute approximate surface area is 78.0 Å². The number of hydroxylamine groups is 2. The highest BCUT2D eigenvalue weighted by Crippen LogP contribution is 1.92. The Bertz CT molecular complexity index is 194. The molecule has 2 amide bonds. The van der Waals surface area contributed by atoms with E-state index in [2.05, 4.69) is 10.2 Å². The zero-order chi connectivity index (χ0) is 10.4. The lowest BCUT2D eigenvalue weighted by Gasteiger charge is -2.19. The topological polar surface area (TPSA) is 58.6 Å². The molecule has 0 heterocycles. The van der Waals surface area contributed by atoms with E-state index in [4.69, 9.17) is 0 Å². The lowest BCUT2D eigenvalue weighted by molar-refractivity contribution is -0.171. The number of hydrogen-bond acceptors (Lipinski definition) is 3. The minimum absolute atomic E-state index is 0.148. The summed E-state index contributed by atoms with van der Waals surface area (Å²) in [7, 11) is 2.89. The fraction of sp³-hybridized carbons (Fsp3) is 0.750. The lowest BCUT2D eigenvalue weighted by Crippen LogP contribution is -2.44. The van der Waals surface area contributed by atoms with Crippen LogP contribution in [0.15, 0.2) is 0 Å². The minimum atomic E-state index is -0.544. The van der Waals surface area contributed by atoms with Crippen LogP contribution in [0.1, 0.15) is 20.3 Å². The molecule has 0 aliphatic carbocycles. The molecule has 1 N–H and O–H groups in total. The third-order valence-corrected chi connectivity index (χ3v) is 1.65. The standard InChI is InChI=1S/C8H16N2O3/c1-5-7(11)9-6(2)8(12)10(3)13-4/h6H,5H2,1-4H3,(H,9,11). The first-order valence-corrected chi connectivity index (χ1v) is 4.14. The molecule has 76 valence electrons. The molecule has 1 atom stereocenters. The summed E-state index contributed by atoms with van der Waals surface area (Å²) in [6, 6.07) is -0.544. The van der Waals surface area contributed by atoms with Crippen LogP contribution in [-0.2, 0) is 14.4 Å². The predicted molar refractivity (Wildman–Crippen MR) is 47.7 cm³/mol. The second kappa shape index (κ2) is 5.53. The maximum atomic E-state index is 11.3. The molecule has 0 spiro atoms. The Morgan fingerprint density at radius 3 is 2.46 bits per heavy atom. The predicted octanol–water partition coefficient (Wildman–Crippen LogP) is -0.0791. The Morgan fingerprint density at radius 2 is 2.08 bits per heavy atom. The van der Waals surface area contributed by atoms with Crippen LogP contribution in [-0.4, -0.2) is 37.1 Å². The summed E-state index contributed by atoms with van der Waals surface area (Å²) in [5.41, 5.74) is 0. The van der Waals surface area contributed by atoms with Crippen LogP contribution < -0.4 is 5.32 Å². The molecule has 5 heteroatoms. The van der Waals surface area contributed by atoms with Crippen molar-refractivity contribution in [3.8, 4) is 0 Å². The maximum Gasteiger partial charge on any atom is 0.268 e. The molecule has 0 bridgehead atoms. The van der Waals surface area contributed by atoms with Crippen LogP contribution in [0, 0.1) is 0 Å². The molecule has 0 aromatic heterocycles. The van der Waals surface area contributed by atoms with E-state index in [-0.39, 0.29) is 11.8 Å². The second-order valence-corrected chi connectivity index (χ2v) is 2.66. The monoisotopic (exact) mass is 188 g/mol. The van der Waals surface area contributed by atoms with Gasteiger partial charge in [-0.15, -0.1) is 0 Å². The number of hydrogen-bond donors (Lipinski definition) is 1. The van der Waals surface area contributed by atoms with Gasteiger partial charge in [0.2, 0.25) is 5.91 Å². The average molecular weight is 188 g/mol. The van der Waals surface area contributed by atoms with E-state index in [9.17, 15) is 9.59 Å². The molecule has 13 heavy (non-hydrogen) atoms. The largest absolute Gasteiger partial charge is 0.345 e. The molecular formula is C8H16N2O3. The number of nitrogens with one attached hydrogen (secondary N) is 1. The summed E-state index contributed by atoms with van der Waals surface area (Å²) in [6.45, 7) is 3.35. The van der Waals surface area contributed by atoms with Gasteiger partial charge in [-0.25, -0.2) is 5.06 Å². The SMILES string of the molecule is CCC(=O)NC(C)C(=O)N(C)OC. The molecule has 0 aliphatic heterocycles. The minimum Gasteiger partial charge on any atom is -0.345 e. The summed E-state index contributed by atoms with van der Waals surface area (Å²) in [5.74, 6) is -0.422. The van der Waals surface area contributed by atoms with Gasteiger partial charge in [-0.3, -0.25) is 14.4 Å². The van der Waals surface area contributed by atoms with E-state index in [1.54, 1.807) is 13.8 Å². The number of carbonyl (C=O) groups is 2. The van der Waals surface area contributed by atoms with Crippen molar-refractivity contribution in [3.63, 3.8) is 0 Å². The van der Waals surface area contributed by atoms with Crippen molar-refractivity contribution in [2.75, 3.05) is 14.2 Å². The van der Waals surface area contributed by atoms with Gasteiger partial charge in [0.05, 0.1) is 7.11 Å². The van der Waals surface area contributed by atoms with E-state index in [1.165, 1.54) is 14.2 Å². The Hall–Kier alpha value is -1.10. The van der Waals surface area contributed by atoms with Crippen LogP contribution in [0.2, 0.25) is 0 Å². The van der Waals surface area contributed by atoms with E-state index in [1.807, 2.05) is 0 Å². The highest BCUT2D eigenvalue weighted by Gasteiger charge is 2.18. The van der Waals surface area contributed by atoms with Crippen LogP contribution in [0.4, 0.5) is 0 Å². The van der Waals surface area contributed by atoms with Crippen LogP contribution in [0.25, 0.3) is 0 Å². The van der Waals surface area contributed by atoms with Gasteiger partial charge in [0.1, 0.15) is 6.04 Å². The number of carbonyl (C=O) groups excluding carboxylic acids is 2. The summed E-state index contributed by atoms with van der Waals surface area (Å²) in [6.07, 6.45) is 0.369. The van der Waals surface area contributed by atoms with Crippen LogP contribution in [0.5, 0.6) is 0 Å². The quantitative estimate of drug-likeness (QED) is 0.628. The van der Waals surface area contributed by atoms with Gasteiger partial charge in [0.15, 0.2) is 0 Å². The van der Waals surface area contributed by atoms with Crippen molar-refractivity contribution >= 4 is 11.8 Å². The summed E-state index contributed by atoms with van der Waals surface area (Å²) >= 11 is 0. The molecule has 0 aromatic rings. The molecule has 1 unspecified atom stereocenters. The van der Waals surface area contributed by atoms with Gasteiger partial charge < -0.3 is 5.32 Å². The summed E-state index contributed by atoms with van der Waals surface area (Å²) < 4.78 is 0. The highest BCUT2D eigenvalue weighted by atomic mass is 16.7. The van der Waals surface area contributed by atoms with E-state index < -0.39 is 6.04 Å². The first-order chi connectivity index (χ1) is 6.02. The van der Waals surface area contributed by atoms with E-state index >= 15 is 0 Å². The number of rotatable bonds is 4. The van der Waals surface area contributed by atoms with Crippen LogP contribution >= 0.6 is 0 Å². The number of nitrogens with zero attached hydrogens (tertiary/aromatic N) is 1. The van der Waals surface area contributed by atoms with Gasteiger partial charge >= 0.3 is 0 Å². The van der Waals surface area contributed by atoms with Gasteiger partial charge in [-0.2, -0.15) is 0 Å². The van der Waals surface area contributed by atoms with Crippen molar-refractivity contribution in [2.45, 2.75) is 26.3 Å². The van der Waals surface area contributed by atoms with Crippen molar-refractivity contribution in [2.24, 2.45) is 0 Å². The Kier molecular flexibility index (Phi) is 5.06. The number of amides is 2. The molecule has 0 aromatic carbocycles. The first kappa shape index (κ1) is 11.9. The molecule has 0 saturated carbocycles. The highest BCUT2D eigenvalue weighted by molar-refractivity contribution is 5.86. The number of likely N-dealkylation sites (N-methyl/N-ethyl adjacent to an activating group) is 1. The van der Waals surface area contributed by atoms with Crippen molar-refractivity contribution in [1.29, 1.82) is 0 Å². The molecule has 0 saturated heterocycles. The molecule has 5 nitrogen and oxygen atoms in total. The third kappa shape index (κ3) is 3.89. The second-order valence-electron chi connectivity index (χ2n) is 2.66. The zero-order valence-electron chi connectivity index (χ0n) is 8.46. The smallest absolute Gasteiger partial charge is 0.268 e. The van der Waals surface area contributed by atoms with E-state index in [0.717, 1.165) is 5.06 Å². The summed E-state index contributed by atoms with van der Waals surface area (Å²) in [4.78, 5) is 26.9. The zero-order valence-corrected chi connectivity index (χ0v) is 8.46.